The minimum Gasteiger partial charge on any atom is -0.294 e. The average molecular weight is 267 g/mol. The molecule has 0 bridgehead atoms. The highest BCUT2D eigenvalue weighted by atomic mass is 35.5. The van der Waals surface area contributed by atoms with Crippen molar-refractivity contribution >= 4 is 34.8 Å². The Morgan fingerprint density at radius 1 is 1.25 bits per heavy atom. The van der Waals surface area contributed by atoms with Crippen LogP contribution in [0.1, 0.15) is 16.8 Å². The predicted molar refractivity (Wildman–Crippen MR) is 56.4 cm³/mol. The lowest BCUT2D eigenvalue weighted by Crippen LogP contribution is -2.15. The standard InChI is InChI=1S/C10H6Cl2F2O2/c11-5-1-2-7(12)6(3-5)8(15)4-9(16)10(13)14/h1-3,10H,4H2. The molecule has 0 amide bonds. The third kappa shape index (κ3) is 3.25. The molecule has 86 valence electrons. The van der Waals surface area contributed by atoms with Crippen LogP contribution in [0.25, 0.3) is 0 Å². The summed E-state index contributed by atoms with van der Waals surface area (Å²) in [6, 6.07) is 4.06. The van der Waals surface area contributed by atoms with Crippen LogP contribution in [0.2, 0.25) is 10.0 Å². The van der Waals surface area contributed by atoms with Crippen LogP contribution in [-0.2, 0) is 4.79 Å². The van der Waals surface area contributed by atoms with Gasteiger partial charge in [0.05, 0.1) is 11.4 Å². The molecule has 1 aromatic rings. The van der Waals surface area contributed by atoms with E-state index < -0.39 is 24.4 Å². The number of Topliss-reactive ketones (excluding diaryl/α,β-unsaturated/α-hetero) is 2. The van der Waals surface area contributed by atoms with Gasteiger partial charge in [-0.3, -0.25) is 9.59 Å². The number of carbonyl (C=O) groups excluding carboxylic acids is 2. The van der Waals surface area contributed by atoms with Crippen molar-refractivity contribution in [3.05, 3.63) is 33.8 Å². The molecule has 0 saturated heterocycles. The first-order valence-electron chi connectivity index (χ1n) is 4.21. The summed E-state index contributed by atoms with van der Waals surface area (Å²) in [6.07, 6.45) is -4.03. The van der Waals surface area contributed by atoms with Crippen molar-refractivity contribution in [1.29, 1.82) is 0 Å². The Balaban J connectivity index is 2.88. The molecule has 0 N–H and O–H groups in total. The normalized spacial score (nSPS) is 10.6. The zero-order chi connectivity index (χ0) is 12.3. The highest BCUT2D eigenvalue weighted by molar-refractivity contribution is 6.36. The largest absolute Gasteiger partial charge is 0.296 e. The van der Waals surface area contributed by atoms with Gasteiger partial charge < -0.3 is 0 Å². The molecule has 0 spiro atoms. The Morgan fingerprint density at radius 2 is 1.88 bits per heavy atom. The molecule has 0 radical (unpaired) electrons. The first-order chi connectivity index (χ1) is 7.41. The van der Waals surface area contributed by atoms with Gasteiger partial charge in [-0.1, -0.05) is 23.2 Å². The van der Waals surface area contributed by atoms with E-state index in [-0.39, 0.29) is 15.6 Å². The Kier molecular flexibility index (Phi) is 4.38. The van der Waals surface area contributed by atoms with Gasteiger partial charge in [-0.2, -0.15) is 0 Å². The molecule has 6 heteroatoms. The van der Waals surface area contributed by atoms with Gasteiger partial charge in [0.2, 0.25) is 5.78 Å². The Bertz CT molecular complexity index is 433. The van der Waals surface area contributed by atoms with E-state index in [9.17, 15) is 18.4 Å². The van der Waals surface area contributed by atoms with Crippen molar-refractivity contribution in [2.24, 2.45) is 0 Å². The van der Waals surface area contributed by atoms with Crippen molar-refractivity contribution in [2.45, 2.75) is 12.8 Å². The van der Waals surface area contributed by atoms with E-state index in [1.807, 2.05) is 0 Å². The third-order valence-electron chi connectivity index (χ3n) is 1.81. The Hall–Kier alpha value is -1.000. The molecule has 0 aliphatic carbocycles. The van der Waals surface area contributed by atoms with Crippen molar-refractivity contribution in [2.75, 3.05) is 0 Å². The second-order valence-corrected chi connectivity index (χ2v) is 3.83. The van der Waals surface area contributed by atoms with Gasteiger partial charge >= 0.3 is 0 Å². The number of rotatable bonds is 4. The lowest BCUT2D eigenvalue weighted by molar-refractivity contribution is -0.128. The molecule has 0 unspecified atom stereocenters. The minimum atomic E-state index is -3.15. The molecular formula is C10H6Cl2F2O2. The number of hydrogen-bond donors (Lipinski definition) is 0. The van der Waals surface area contributed by atoms with Gasteiger partial charge in [-0.15, -0.1) is 0 Å². The zero-order valence-electron chi connectivity index (χ0n) is 7.84. The molecule has 1 rings (SSSR count). The molecule has 0 aliphatic rings. The van der Waals surface area contributed by atoms with Gasteiger partial charge in [-0.05, 0) is 18.2 Å². The maximum Gasteiger partial charge on any atom is 0.296 e. The summed E-state index contributed by atoms with van der Waals surface area (Å²) < 4.78 is 23.8. The number of ketones is 2. The minimum absolute atomic E-state index is 0.0248. The molecule has 0 saturated carbocycles. The van der Waals surface area contributed by atoms with E-state index in [1.54, 1.807) is 0 Å². The van der Waals surface area contributed by atoms with Gasteiger partial charge in [0.15, 0.2) is 5.78 Å². The molecule has 0 atom stereocenters. The smallest absolute Gasteiger partial charge is 0.294 e. The fourth-order valence-corrected chi connectivity index (χ4v) is 1.44. The number of halogens is 4. The molecule has 0 heterocycles. The molecule has 1 aromatic carbocycles. The van der Waals surface area contributed by atoms with E-state index in [0.29, 0.717) is 0 Å². The summed E-state index contributed by atoms with van der Waals surface area (Å²) in [6.45, 7) is 0. The maximum atomic E-state index is 11.9. The van der Waals surface area contributed by atoms with E-state index in [1.165, 1.54) is 18.2 Å². The van der Waals surface area contributed by atoms with Crippen LogP contribution < -0.4 is 0 Å². The molecular weight excluding hydrogens is 261 g/mol. The van der Waals surface area contributed by atoms with Crippen LogP contribution in [0.5, 0.6) is 0 Å². The first-order valence-corrected chi connectivity index (χ1v) is 4.96. The van der Waals surface area contributed by atoms with Crippen molar-refractivity contribution in [3.63, 3.8) is 0 Å². The lowest BCUT2D eigenvalue weighted by atomic mass is 10.1. The summed E-state index contributed by atoms with van der Waals surface area (Å²) in [7, 11) is 0. The van der Waals surface area contributed by atoms with Gasteiger partial charge in [0, 0.05) is 10.6 Å². The summed E-state index contributed by atoms with van der Waals surface area (Å²) in [5.41, 5.74) is -0.0248. The van der Waals surface area contributed by atoms with Crippen LogP contribution in [0.4, 0.5) is 8.78 Å². The summed E-state index contributed by atoms with van der Waals surface area (Å²) in [5.74, 6) is -2.20. The molecule has 0 aromatic heterocycles. The Morgan fingerprint density at radius 3 is 2.44 bits per heavy atom. The molecule has 0 fully saturated rings. The third-order valence-corrected chi connectivity index (χ3v) is 2.37. The van der Waals surface area contributed by atoms with E-state index in [2.05, 4.69) is 0 Å². The van der Waals surface area contributed by atoms with Crippen molar-refractivity contribution in [3.8, 4) is 0 Å². The highest BCUT2D eigenvalue weighted by Gasteiger charge is 2.21. The number of carbonyl (C=O) groups is 2. The maximum absolute atomic E-state index is 11.9. The second kappa shape index (κ2) is 5.37. The lowest BCUT2D eigenvalue weighted by Gasteiger charge is -2.03. The fourth-order valence-electron chi connectivity index (χ4n) is 1.04. The number of hydrogen-bond acceptors (Lipinski definition) is 2. The Labute approximate surface area is 100 Å². The summed E-state index contributed by atoms with van der Waals surface area (Å²) in [4.78, 5) is 22.1. The van der Waals surface area contributed by atoms with Crippen LogP contribution in [0.3, 0.4) is 0 Å². The zero-order valence-corrected chi connectivity index (χ0v) is 9.36. The van der Waals surface area contributed by atoms with Crippen LogP contribution >= 0.6 is 23.2 Å². The summed E-state index contributed by atoms with van der Waals surface area (Å²) >= 11 is 11.3. The topological polar surface area (TPSA) is 34.1 Å². The number of benzene rings is 1. The van der Waals surface area contributed by atoms with Crippen LogP contribution in [-0.4, -0.2) is 18.0 Å². The van der Waals surface area contributed by atoms with Crippen molar-refractivity contribution in [1.82, 2.24) is 0 Å². The van der Waals surface area contributed by atoms with Gasteiger partial charge in [-0.25, -0.2) is 8.78 Å². The van der Waals surface area contributed by atoms with E-state index >= 15 is 0 Å². The van der Waals surface area contributed by atoms with Crippen LogP contribution in [0.15, 0.2) is 18.2 Å². The predicted octanol–water partition coefficient (Wildman–Crippen LogP) is 3.40. The highest BCUT2D eigenvalue weighted by Crippen LogP contribution is 2.22. The SMILES string of the molecule is O=C(CC(=O)C(F)F)c1cc(Cl)ccc1Cl. The average Bonchev–Trinajstić information content (AvgIpc) is 2.21. The van der Waals surface area contributed by atoms with Gasteiger partial charge in [0.25, 0.3) is 6.43 Å². The summed E-state index contributed by atoms with van der Waals surface area (Å²) in [5, 5.41) is 0.328. The van der Waals surface area contributed by atoms with E-state index in [0.717, 1.165) is 0 Å². The monoisotopic (exact) mass is 266 g/mol. The van der Waals surface area contributed by atoms with Gasteiger partial charge in [0.1, 0.15) is 0 Å². The quantitative estimate of drug-likeness (QED) is 0.618. The second-order valence-electron chi connectivity index (χ2n) is 2.99. The fraction of sp³-hybridized carbons (Fsp3) is 0.200. The van der Waals surface area contributed by atoms with Crippen molar-refractivity contribution < 1.29 is 18.4 Å². The van der Waals surface area contributed by atoms with E-state index in [4.69, 9.17) is 23.2 Å². The van der Waals surface area contributed by atoms with Crippen LogP contribution in [0, 0.1) is 0 Å². The molecule has 2 nitrogen and oxygen atoms in total. The molecule has 0 aliphatic heterocycles. The molecule has 16 heavy (non-hydrogen) atoms. The first kappa shape index (κ1) is 13.1. The number of alkyl halides is 2.